The molecule has 0 amide bonds. The molecular formula is C11H13NOS. The predicted molar refractivity (Wildman–Crippen MR) is 60.0 cm³/mol. The zero-order valence-electron chi connectivity index (χ0n) is 8.57. The van der Waals surface area contributed by atoms with Crippen LogP contribution in [0.3, 0.4) is 0 Å². The van der Waals surface area contributed by atoms with Crippen LogP contribution < -0.4 is 0 Å². The molecular weight excluding hydrogens is 194 g/mol. The van der Waals surface area contributed by atoms with Crippen molar-refractivity contribution in [3.8, 4) is 0 Å². The van der Waals surface area contributed by atoms with E-state index in [1.807, 2.05) is 17.8 Å². The fraction of sp³-hybridized carbons (Fsp3) is 0.273. The molecule has 2 rings (SSSR count). The molecule has 1 aromatic carbocycles. The zero-order valence-corrected chi connectivity index (χ0v) is 9.39. The molecule has 2 aromatic rings. The summed E-state index contributed by atoms with van der Waals surface area (Å²) in [6.07, 6.45) is 3.66. The molecule has 0 aliphatic carbocycles. The Morgan fingerprint density at radius 3 is 2.71 bits per heavy atom. The van der Waals surface area contributed by atoms with E-state index in [0.29, 0.717) is 0 Å². The maximum atomic E-state index is 11.5. The summed E-state index contributed by atoms with van der Waals surface area (Å²) in [6, 6.07) is 6.23. The highest BCUT2D eigenvalue weighted by Gasteiger charge is 2.08. The summed E-state index contributed by atoms with van der Waals surface area (Å²) in [7, 11) is 1.07. The lowest BCUT2D eigenvalue weighted by atomic mass is 10.2. The van der Waals surface area contributed by atoms with Crippen molar-refractivity contribution in [1.82, 2.24) is 4.57 Å². The van der Waals surface area contributed by atoms with Gasteiger partial charge in [0.05, 0.1) is 15.7 Å². The summed E-state index contributed by atoms with van der Waals surface area (Å²) in [5.41, 5.74) is 2.34. The highest BCUT2D eigenvalue weighted by molar-refractivity contribution is 7.84. The van der Waals surface area contributed by atoms with Crippen LogP contribution in [0.15, 0.2) is 29.3 Å². The van der Waals surface area contributed by atoms with Crippen LogP contribution in [0.2, 0.25) is 0 Å². The van der Waals surface area contributed by atoms with Crippen molar-refractivity contribution in [2.45, 2.75) is 11.8 Å². The van der Waals surface area contributed by atoms with Gasteiger partial charge in [0.2, 0.25) is 0 Å². The lowest BCUT2D eigenvalue weighted by Gasteiger charge is -1.97. The molecule has 0 saturated carbocycles. The molecule has 1 heterocycles. The molecule has 0 spiro atoms. The number of fused-ring (bicyclic) bond motifs is 1. The van der Waals surface area contributed by atoms with Gasteiger partial charge >= 0.3 is 0 Å². The average molecular weight is 207 g/mol. The van der Waals surface area contributed by atoms with Crippen LogP contribution >= 0.6 is 0 Å². The number of hydrogen-bond acceptors (Lipinski definition) is 1. The number of nitrogens with zero attached hydrogens (tertiary/aromatic N) is 1. The molecule has 1 unspecified atom stereocenters. The summed E-state index contributed by atoms with van der Waals surface area (Å²) >= 11 is 0. The van der Waals surface area contributed by atoms with Crippen molar-refractivity contribution in [3.63, 3.8) is 0 Å². The highest BCUT2D eigenvalue weighted by atomic mass is 32.2. The van der Waals surface area contributed by atoms with Crippen LogP contribution in [-0.2, 0) is 17.8 Å². The third-order valence-electron chi connectivity index (χ3n) is 2.42. The molecule has 0 N–H and O–H groups in total. The van der Waals surface area contributed by atoms with Gasteiger partial charge < -0.3 is 4.57 Å². The summed E-state index contributed by atoms with van der Waals surface area (Å²) in [5, 5.41) is 1.10. The van der Waals surface area contributed by atoms with E-state index in [4.69, 9.17) is 0 Å². The lowest BCUT2D eigenvalue weighted by Crippen LogP contribution is -1.84. The van der Waals surface area contributed by atoms with E-state index in [0.717, 1.165) is 15.8 Å². The SMILES string of the molecule is Cc1ccc2c(c1)c(S(C)=O)cn2C. The van der Waals surface area contributed by atoms with Crippen molar-refractivity contribution >= 4 is 21.7 Å². The average Bonchev–Trinajstić information content (AvgIpc) is 2.43. The van der Waals surface area contributed by atoms with E-state index in [9.17, 15) is 4.21 Å². The first-order valence-electron chi connectivity index (χ1n) is 4.48. The standard InChI is InChI=1S/C11H13NOS/c1-8-4-5-10-9(6-8)11(14(3)13)7-12(10)2/h4-7H,1-3H3. The normalized spacial score (nSPS) is 13.4. The quantitative estimate of drug-likeness (QED) is 0.703. The molecule has 0 radical (unpaired) electrons. The first-order chi connectivity index (χ1) is 6.59. The third-order valence-corrected chi connectivity index (χ3v) is 3.36. The predicted octanol–water partition coefficient (Wildman–Crippen LogP) is 2.22. The molecule has 0 bridgehead atoms. The Labute approximate surface area is 86.0 Å². The van der Waals surface area contributed by atoms with Crippen molar-refractivity contribution in [1.29, 1.82) is 0 Å². The van der Waals surface area contributed by atoms with Gasteiger partial charge in [-0.2, -0.15) is 0 Å². The molecule has 0 saturated heterocycles. The van der Waals surface area contributed by atoms with E-state index in [1.54, 1.807) is 6.26 Å². The third kappa shape index (κ3) is 1.38. The molecule has 14 heavy (non-hydrogen) atoms. The Hall–Kier alpha value is -1.09. The van der Waals surface area contributed by atoms with Gasteiger partial charge in [-0.25, -0.2) is 0 Å². The van der Waals surface area contributed by atoms with Crippen LogP contribution in [0.1, 0.15) is 5.56 Å². The number of hydrogen-bond donors (Lipinski definition) is 0. The van der Waals surface area contributed by atoms with Crippen molar-refractivity contribution in [2.24, 2.45) is 7.05 Å². The molecule has 1 atom stereocenters. The van der Waals surface area contributed by atoms with Gasteiger partial charge in [-0.05, 0) is 19.1 Å². The maximum absolute atomic E-state index is 11.5. The maximum Gasteiger partial charge on any atom is 0.0640 e. The van der Waals surface area contributed by atoms with E-state index < -0.39 is 10.8 Å². The van der Waals surface area contributed by atoms with Crippen LogP contribution in [0, 0.1) is 6.92 Å². The first kappa shape index (κ1) is 9.46. The van der Waals surface area contributed by atoms with E-state index >= 15 is 0 Å². The number of aromatic nitrogens is 1. The zero-order chi connectivity index (χ0) is 10.3. The molecule has 0 aliphatic rings. The number of aryl methyl sites for hydroxylation is 2. The summed E-state index contributed by atoms with van der Waals surface area (Å²) < 4.78 is 13.5. The van der Waals surface area contributed by atoms with E-state index in [2.05, 4.69) is 25.1 Å². The van der Waals surface area contributed by atoms with Gasteiger partial charge in [0.15, 0.2) is 0 Å². The summed E-state index contributed by atoms with van der Waals surface area (Å²) in [5.74, 6) is 0. The number of benzene rings is 1. The second-order valence-corrected chi connectivity index (χ2v) is 4.93. The minimum Gasteiger partial charge on any atom is -0.349 e. The topological polar surface area (TPSA) is 22.0 Å². The molecule has 3 heteroatoms. The Bertz CT molecular complexity index is 513. The first-order valence-corrected chi connectivity index (χ1v) is 6.04. The van der Waals surface area contributed by atoms with Gasteiger partial charge in [-0.15, -0.1) is 0 Å². The molecule has 0 fully saturated rings. The largest absolute Gasteiger partial charge is 0.349 e. The molecule has 2 nitrogen and oxygen atoms in total. The van der Waals surface area contributed by atoms with Crippen LogP contribution in [0.4, 0.5) is 0 Å². The Kier molecular flexibility index (Phi) is 2.19. The minimum absolute atomic E-state index is 0.912. The van der Waals surface area contributed by atoms with Crippen LogP contribution in [-0.4, -0.2) is 15.0 Å². The fourth-order valence-corrected chi connectivity index (χ4v) is 2.48. The summed E-state index contributed by atoms with van der Waals surface area (Å²) in [4.78, 5) is 0.922. The van der Waals surface area contributed by atoms with E-state index in [1.165, 1.54) is 5.56 Å². The van der Waals surface area contributed by atoms with Gasteiger partial charge in [0, 0.05) is 30.4 Å². The van der Waals surface area contributed by atoms with Gasteiger partial charge in [0.25, 0.3) is 0 Å². The van der Waals surface area contributed by atoms with Crippen molar-refractivity contribution in [2.75, 3.05) is 6.26 Å². The molecule has 74 valence electrons. The molecule has 1 aromatic heterocycles. The Morgan fingerprint density at radius 2 is 2.07 bits per heavy atom. The second kappa shape index (κ2) is 3.24. The highest BCUT2D eigenvalue weighted by Crippen LogP contribution is 2.23. The van der Waals surface area contributed by atoms with Crippen molar-refractivity contribution in [3.05, 3.63) is 30.0 Å². The monoisotopic (exact) mass is 207 g/mol. The fourth-order valence-electron chi connectivity index (χ4n) is 1.70. The Balaban J connectivity index is 2.85. The van der Waals surface area contributed by atoms with Crippen LogP contribution in [0.5, 0.6) is 0 Å². The van der Waals surface area contributed by atoms with E-state index in [-0.39, 0.29) is 0 Å². The molecule has 0 aliphatic heterocycles. The number of rotatable bonds is 1. The smallest absolute Gasteiger partial charge is 0.0640 e. The Morgan fingerprint density at radius 1 is 1.36 bits per heavy atom. The second-order valence-electron chi connectivity index (χ2n) is 3.58. The summed E-state index contributed by atoms with van der Waals surface area (Å²) in [6.45, 7) is 2.05. The van der Waals surface area contributed by atoms with Gasteiger partial charge in [-0.3, -0.25) is 4.21 Å². The lowest BCUT2D eigenvalue weighted by molar-refractivity contribution is 0.687. The van der Waals surface area contributed by atoms with Gasteiger partial charge in [-0.1, -0.05) is 11.6 Å². The van der Waals surface area contributed by atoms with Gasteiger partial charge in [0.1, 0.15) is 0 Å². The van der Waals surface area contributed by atoms with Crippen LogP contribution in [0.25, 0.3) is 10.9 Å². The minimum atomic E-state index is -0.912. The van der Waals surface area contributed by atoms with Crippen molar-refractivity contribution < 1.29 is 4.21 Å².